The Labute approximate surface area is 157 Å². The van der Waals surface area contributed by atoms with Gasteiger partial charge in [-0.3, -0.25) is 9.89 Å². The van der Waals surface area contributed by atoms with Crippen molar-refractivity contribution in [2.45, 2.75) is 26.4 Å². The molecule has 27 heavy (non-hydrogen) atoms. The summed E-state index contributed by atoms with van der Waals surface area (Å²) in [7, 11) is 0. The molecule has 3 aromatic rings. The third-order valence-electron chi connectivity index (χ3n) is 4.78. The highest BCUT2D eigenvalue weighted by Crippen LogP contribution is 2.27. The van der Waals surface area contributed by atoms with Gasteiger partial charge in [0.05, 0.1) is 5.69 Å². The van der Waals surface area contributed by atoms with Crippen molar-refractivity contribution in [2.24, 2.45) is 0 Å². The van der Waals surface area contributed by atoms with E-state index >= 15 is 0 Å². The number of fused-ring (bicyclic) bond motifs is 1. The van der Waals surface area contributed by atoms with Gasteiger partial charge in [0.25, 0.3) is 5.91 Å². The Balaban J connectivity index is 1.49. The van der Waals surface area contributed by atoms with Crippen molar-refractivity contribution in [3.05, 3.63) is 71.2 Å². The van der Waals surface area contributed by atoms with Crippen LogP contribution >= 0.6 is 0 Å². The normalized spacial score (nSPS) is 13.1. The van der Waals surface area contributed by atoms with Gasteiger partial charge in [0.2, 0.25) is 0 Å². The number of hydrogen-bond acceptors (Lipinski definition) is 3. The first-order valence-electron chi connectivity index (χ1n) is 9.10. The lowest BCUT2D eigenvalue weighted by Gasteiger charge is -2.13. The number of amides is 1. The van der Waals surface area contributed by atoms with Gasteiger partial charge < -0.3 is 10.2 Å². The highest BCUT2D eigenvalue weighted by molar-refractivity contribution is 5.98. The molecule has 0 spiro atoms. The van der Waals surface area contributed by atoms with Gasteiger partial charge in [-0.25, -0.2) is 4.39 Å². The number of H-pyrrole nitrogens is 1. The Morgan fingerprint density at radius 1 is 1.26 bits per heavy atom. The Kier molecular flexibility index (Phi) is 4.62. The van der Waals surface area contributed by atoms with Crippen LogP contribution < -0.4 is 5.32 Å². The number of rotatable bonds is 6. The quantitative estimate of drug-likeness (QED) is 0.689. The van der Waals surface area contributed by atoms with Crippen LogP contribution in [0.15, 0.2) is 48.7 Å². The number of carbonyl (C=O) groups excluding carboxylic acids is 1. The zero-order valence-electron chi connectivity index (χ0n) is 15.1. The number of carbonyl (C=O) groups is 1. The molecule has 2 N–H and O–H groups in total. The summed E-state index contributed by atoms with van der Waals surface area (Å²) < 4.78 is 13.5. The largest absolute Gasteiger partial charge is 0.381 e. The minimum atomic E-state index is -0.283. The maximum atomic E-state index is 13.5. The van der Waals surface area contributed by atoms with E-state index < -0.39 is 0 Å². The molecular weight excluding hydrogens is 343 g/mol. The molecule has 0 aliphatic carbocycles. The lowest BCUT2D eigenvalue weighted by atomic mass is 10.1. The third kappa shape index (κ3) is 3.43. The number of halogens is 1. The number of benzene rings is 2. The van der Waals surface area contributed by atoms with Crippen LogP contribution in [0.3, 0.4) is 0 Å². The maximum Gasteiger partial charge on any atom is 0.254 e. The van der Waals surface area contributed by atoms with Crippen LogP contribution in [-0.4, -0.2) is 27.5 Å². The summed E-state index contributed by atoms with van der Waals surface area (Å²) in [6, 6.07) is 12.3. The van der Waals surface area contributed by atoms with Gasteiger partial charge in [-0.05, 0) is 42.3 Å². The van der Waals surface area contributed by atoms with Gasteiger partial charge in [0.15, 0.2) is 0 Å². The number of aromatic amines is 1. The molecule has 2 heterocycles. The highest BCUT2D eigenvalue weighted by Gasteiger charge is 2.26. The van der Waals surface area contributed by atoms with Crippen LogP contribution in [0.1, 0.15) is 34.8 Å². The molecule has 5 nitrogen and oxygen atoms in total. The highest BCUT2D eigenvalue weighted by atomic mass is 19.1. The van der Waals surface area contributed by atoms with Crippen LogP contribution in [0.5, 0.6) is 0 Å². The van der Waals surface area contributed by atoms with Crippen molar-refractivity contribution in [1.82, 2.24) is 15.1 Å². The monoisotopic (exact) mass is 364 g/mol. The van der Waals surface area contributed by atoms with E-state index in [4.69, 9.17) is 0 Å². The smallest absolute Gasteiger partial charge is 0.254 e. The van der Waals surface area contributed by atoms with Gasteiger partial charge in [-0.2, -0.15) is 5.10 Å². The molecule has 0 unspecified atom stereocenters. The number of nitrogens with one attached hydrogen (secondary N) is 2. The predicted octanol–water partition coefficient (Wildman–Crippen LogP) is 4.19. The van der Waals surface area contributed by atoms with E-state index in [0.717, 1.165) is 46.6 Å². The fraction of sp³-hybridized carbons (Fsp3) is 0.238. The minimum absolute atomic E-state index is 0.113. The van der Waals surface area contributed by atoms with E-state index in [1.54, 1.807) is 6.07 Å². The Morgan fingerprint density at radius 3 is 2.96 bits per heavy atom. The predicted molar refractivity (Wildman–Crippen MR) is 103 cm³/mol. The van der Waals surface area contributed by atoms with Crippen LogP contribution in [0, 0.1) is 5.82 Å². The molecule has 1 amide bonds. The Morgan fingerprint density at radius 2 is 2.15 bits per heavy atom. The van der Waals surface area contributed by atoms with E-state index in [2.05, 4.69) is 22.4 Å². The molecule has 0 saturated heterocycles. The lowest BCUT2D eigenvalue weighted by Crippen LogP contribution is -2.24. The van der Waals surface area contributed by atoms with Crippen molar-refractivity contribution in [3.63, 3.8) is 0 Å². The fourth-order valence-corrected chi connectivity index (χ4v) is 3.47. The van der Waals surface area contributed by atoms with E-state index in [0.29, 0.717) is 13.1 Å². The first-order valence-corrected chi connectivity index (χ1v) is 9.10. The second-order valence-electron chi connectivity index (χ2n) is 6.72. The number of hydrogen-bond donors (Lipinski definition) is 2. The summed E-state index contributed by atoms with van der Waals surface area (Å²) in [5, 5.41) is 10.5. The molecule has 6 heteroatoms. The second kappa shape index (κ2) is 7.23. The van der Waals surface area contributed by atoms with Crippen molar-refractivity contribution in [2.75, 3.05) is 11.9 Å². The Bertz CT molecular complexity index is 982. The van der Waals surface area contributed by atoms with Crippen LogP contribution in [-0.2, 0) is 13.1 Å². The molecule has 138 valence electrons. The summed E-state index contributed by atoms with van der Waals surface area (Å²) in [4.78, 5) is 14.2. The number of aromatic nitrogens is 2. The van der Waals surface area contributed by atoms with Crippen molar-refractivity contribution >= 4 is 11.6 Å². The average Bonchev–Trinajstić information content (AvgIpc) is 3.25. The van der Waals surface area contributed by atoms with E-state index in [-0.39, 0.29) is 11.7 Å². The Hall–Kier alpha value is -3.15. The summed E-state index contributed by atoms with van der Waals surface area (Å²) in [6.07, 6.45) is 2.77. The maximum absolute atomic E-state index is 13.5. The third-order valence-corrected chi connectivity index (χ3v) is 4.78. The van der Waals surface area contributed by atoms with Gasteiger partial charge >= 0.3 is 0 Å². The lowest BCUT2D eigenvalue weighted by molar-refractivity contribution is 0.0778. The number of nitrogens with zero attached hydrogens (tertiary/aromatic N) is 2. The molecule has 1 aliphatic heterocycles. The van der Waals surface area contributed by atoms with Gasteiger partial charge in [0, 0.05) is 48.2 Å². The summed E-state index contributed by atoms with van der Waals surface area (Å²) in [6.45, 7) is 4.07. The number of anilines is 1. The zero-order valence-corrected chi connectivity index (χ0v) is 15.1. The van der Waals surface area contributed by atoms with Gasteiger partial charge in [-0.15, -0.1) is 0 Å². The van der Waals surface area contributed by atoms with Gasteiger partial charge in [-0.1, -0.05) is 19.1 Å². The summed E-state index contributed by atoms with van der Waals surface area (Å²) in [5.74, 6) is -0.170. The molecule has 1 aliphatic rings. The molecule has 2 aromatic carbocycles. The first-order chi connectivity index (χ1) is 13.2. The van der Waals surface area contributed by atoms with Crippen molar-refractivity contribution in [3.8, 4) is 11.3 Å². The standard InChI is InChI=1S/C21H21FN4O/c1-2-8-26-13-15-10-18(6-7-19(15)21(26)27)23-11-16-12-24-25-20(16)14-4-3-5-17(22)9-14/h3-7,9-10,12,23H,2,8,11,13H2,1H3,(H,24,25). The molecule has 0 bridgehead atoms. The van der Waals surface area contributed by atoms with E-state index in [1.165, 1.54) is 12.1 Å². The SMILES string of the molecule is CCCN1Cc2cc(NCc3c[nH]nc3-c3cccc(F)c3)ccc2C1=O. The molecule has 4 rings (SSSR count). The minimum Gasteiger partial charge on any atom is -0.381 e. The first kappa shape index (κ1) is 17.3. The van der Waals surface area contributed by atoms with Crippen LogP contribution in [0.4, 0.5) is 10.1 Å². The van der Waals surface area contributed by atoms with Crippen LogP contribution in [0.25, 0.3) is 11.3 Å². The molecular formula is C21H21FN4O. The van der Waals surface area contributed by atoms with Crippen LogP contribution in [0.2, 0.25) is 0 Å². The topological polar surface area (TPSA) is 61.0 Å². The molecule has 0 fully saturated rings. The average molecular weight is 364 g/mol. The van der Waals surface area contributed by atoms with E-state index in [1.807, 2.05) is 35.4 Å². The van der Waals surface area contributed by atoms with Gasteiger partial charge in [0.1, 0.15) is 5.82 Å². The molecule has 0 radical (unpaired) electrons. The van der Waals surface area contributed by atoms with Crippen molar-refractivity contribution < 1.29 is 9.18 Å². The van der Waals surface area contributed by atoms with E-state index in [9.17, 15) is 9.18 Å². The zero-order chi connectivity index (χ0) is 18.8. The summed E-state index contributed by atoms with van der Waals surface area (Å²) >= 11 is 0. The fourth-order valence-electron chi connectivity index (χ4n) is 3.47. The second-order valence-corrected chi connectivity index (χ2v) is 6.72. The molecule has 0 atom stereocenters. The molecule has 0 saturated carbocycles. The molecule has 1 aromatic heterocycles. The van der Waals surface area contributed by atoms with Crippen molar-refractivity contribution in [1.29, 1.82) is 0 Å². The summed E-state index contributed by atoms with van der Waals surface area (Å²) in [5.41, 5.74) is 5.21.